The fourth-order valence-electron chi connectivity index (χ4n) is 2.40. The van der Waals surface area contributed by atoms with E-state index in [0.29, 0.717) is 18.0 Å². The molecule has 0 fully saturated rings. The molecule has 1 amide bonds. The van der Waals surface area contributed by atoms with Crippen molar-refractivity contribution in [3.8, 4) is 11.5 Å². The molecule has 2 rings (SSSR count). The Kier molecular flexibility index (Phi) is 8.06. The fraction of sp³-hybridized carbons (Fsp3) is 0.556. The van der Waals surface area contributed by atoms with Crippen molar-refractivity contribution >= 4 is 17.7 Å². The first-order valence-corrected chi connectivity index (χ1v) is 9.94. The maximum Gasteiger partial charge on any atom is 0.258 e. The summed E-state index contributed by atoms with van der Waals surface area (Å²) in [5.41, 5.74) is 0.620. The third kappa shape index (κ3) is 7.01. The number of amides is 1. The highest BCUT2D eigenvalue weighted by molar-refractivity contribution is 7.99. The smallest absolute Gasteiger partial charge is 0.258 e. The second-order valence-electron chi connectivity index (χ2n) is 7.15. The van der Waals surface area contributed by atoms with Crippen molar-refractivity contribution < 1.29 is 14.3 Å². The van der Waals surface area contributed by atoms with E-state index in [1.807, 2.05) is 46.0 Å². The van der Waals surface area contributed by atoms with E-state index in [9.17, 15) is 4.79 Å². The van der Waals surface area contributed by atoms with Crippen LogP contribution >= 0.6 is 11.8 Å². The molecule has 1 heterocycles. The van der Waals surface area contributed by atoms with Crippen LogP contribution in [-0.2, 0) is 18.4 Å². The normalized spacial score (nSPS) is 11.3. The zero-order chi connectivity index (χ0) is 20.6. The van der Waals surface area contributed by atoms with E-state index < -0.39 is 0 Å². The summed E-state index contributed by atoms with van der Waals surface area (Å²) in [6, 6.07) is 5.67. The Bertz CT molecular complexity index is 775. The van der Waals surface area contributed by atoms with E-state index in [1.165, 1.54) is 0 Å². The van der Waals surface area contributed by atoms with E-state index >= 15 is 0 Å². The highest BCUT2D eigenvalue weighted by Gasteiger charge is 2.16. The molecule has 0 unspecified atom stereocenters. The molecule has 28 heavy (non-hydrogen) atoms. The van der Waals surface area contributed by atoms with Crippen LogP contribution in [0, 0.1) is 0 Å². The molecule has 2 N–H and O–H groups in total. The molecule has 0 atom stereocenters. The number of aromatic nitrogens is 4. The summed E-state index contributed by atoms with van der Waals surface area (Å²) < 4.78 is 12.8. The SMILES string of the molecule is COc1cccc(CNCCSc2nnnn2C)c1OCC(=O)NC(C)(C)C. The van der Waals surface area contributed by atoms with Crippen LogP contribution in [0.1, 0.15) is 26.3 Å². The van der Waals surface area contributed by atoms with E-state index in [1.54, 1.807) is 23.6 Å². The molecule has 154 valence electrons. The lowest BCUT2D eigenvalue weighted by Crippen LogP contribution is -2.43. The summed E-state index contributed by atoms with van der Waals surface area (Å²) in [6.45, 7) is 7.07. The molecule has 0 aliphatic heterocycles. The minimum Gasteiger partial charge on any atom is -0.493 e. The van der Waals surface area contributed by atoms with Crippen molar-refractivity contribution in [3.05, 3.63) is 23.8 Å². The molecule has 0 spiro atoms. The maximum atomic E-state index is 12.1. The first-order chi connectivity index (χ1) is 13.3. The van der Waals surface area contributed by atoms with Gasteiger partial charge in [-0.1, -0.05) is 23.9 Å². The first kappa shape index (κ1) is 22.0. The highest BCUT2D eigenvalue weighted by atomic mass is 32.2. The van der Waals surface area contributed by atoms with Crippen LogP contribution in [0.5, 0.6) is 11.5 Å². The summed E-state index contributed by atoms with van der Waals surface area (Å²) in [5, 5.41) is 18.4. The Morgan fingerprint density at radius 3 is 2.75 bits per heavy atom. The Morgan fingerprint density at radius 1 is 1.32 bits per heavy atom. The number of benzene rings is 1. The number of carbonyl (C=O) groups excluding carboxylic acids is 1. The standard InChI is InChI=1S/C18H28N6O3S/c1-18(2,3)20-15(25)12-27-16-13(7-6-8-14(16)26-5)11-19-9-10-28-17-21-22-23-24(17)4/h6-8,19H,9-12H2,1-5H3,(H,20,25). The Balaban J connectivity index is 1.88. The third-order valence-electron chi connectivity index (χ3n) is 3.55. The lowest BCUT2D eigenvalue weighted by molar-refractivity contribution is -0.124. The quantitative estimate of drug-likeness (QED) is 0.449. The van der Waals surface area contributed by atoms with Gasteiger partial charge in [-0.25, -0.2) is 4.68 Å². The molecule has 0 saturated carbocycles. The number of methoxy groups -OCH3 is 1. The van der Waals surface area contributed by atoms with Gasteiger partial charge in [-0.05, 0) is 37.3 Å². The number of ether oxygens (including phenoxy) is 2. The van der Waals surface area contributed by atoms with Crippen LogP contribution in [0.25, 0.3) is 0 Å². The average molecular weight is 409 g/mol. The number of nitrogens with one attached hydrogen (secondary N) is 2. The monoisotopic (exact) mass is 408 g/mol. The predicted molar refractivity (Wildman–Crippen MR) is 108 cm³/mol. The molecule has 0 aliphatic carbocycles. The number of carbonyl (C=O) groups is 1. The van der Waals surface area contributed by atoms with Gasteiger partial charge in [-0.2, -0.15) is 0 Å². The number of para-hydroxylation sites is 1. The van der Waals surface area contributed by atoms with Gasteiger partial charge in [0, 0.05) is 37.0 Å². The second kappa shape index (κ2) is 10.3. The fourth-order valence-corrected chi connectivity index (χ4v) is 3.14. The molecule has 2 aromatic rings. The number of hydrogen-bond donors (Lipinski definition) is 2. The van der Waals surface area contributed by atoms with Gasteiger partial charge in [0.2, 0.25) is 5.16 Å². The number of aryl methyl sites for hydroxylation is 1. The van der Waals surface area contributed by atoms with Crippen LogP contribution in [0.4, 0.5) is 0 Å². The number of tetrazole rings is 1. The van der Waals surface area contributed by atoms with Gasteiger partial charge in [0.15, 0.2) is 18.1 Å². The third-order valence-corrected chi connectivity index (χ3v) is 4.56. The average Bonchev–Trinajstić information content (AvgIpc) is 3.03. The van der Waals surface area contributed by atoms with Gasteiger partial charge in [0.1, 0.15) is 0 Å². The molecular weight excluding hydrogens is 380 g/mol. The number of hydrogen-bond acceptors (Lipinski definition) is 8. The minimum atomic E-state index is -0.304. The largest absolute Gasteiger partial charge is 0.493 e. The van der Waals surface area contributed by atoms with Gasteiger partial charge in [-0.15, -0.1) is 5.10 Å². The predicted octanol–water partition coefficient (Wildman–Crippen LogP) is 1.39. The number of thioether (sulfide) groups is 1. The Morgan fingerprint density at radius 2 is 2.11 bits per heavy atom. The molecular formula is C18H28N6O3S. The van der Waals surface area contributed by atoms with Crippen molar-refractivity contribution in [3.63, 3.8) is 0 Å². The lowest BCUT2D eigenvalue weighted by atomic mass is 10.1. The Labute approximate surface area is 169 Å². The first-order valence-electron chi connectivity index (χ1n) is 8.95. The summed E-state index contributed by atoms with van der Waals surface area (Å²) >= 11 is 1.58. The molecule has 0 radical (unpaired) electrons. The van der Waals surface area contributed by atoms with Crippen LogP contribution in [-0.4, -0.2) is 57.7 Å². The van der Waals surface area contributed by atoms with Gasteiger partial charge < -0.3 is 20.1 Å². The summed E-state index contributed by atoms with van der Waals surface area (Å²) in [4.78, 5) is 12.1. The van der Waals surface area contributed by atoms with Crippen molar-refractivity contribution in [2.24, 2.45) is 7.05 Å². The summed E-state index contributed by atoms with van der Waals surface area (Å²) in [7, 11) is 3.39. The van der Waals surface area contributed by atoms with Crippen molar-refractivity contribution in [1.29, 1.82) is 0 Å². The molecule has 0 bridgehead atoms. The molecule has 1 aromatic heterocycles. The Hall–Kier alpha value is -2.33. The van der Waals surface area contributed by atoms with Crippen molar-refractivity contribution in [2.45, 2.75) is 38.0 Å². The van der Waals surface area contributed by atoms with Gasteiger partial charge in [-0.3, -0.25) is 4.79 Å². The van der Waals surface area contributed by atoms with Crippen LogP contribution in [0.2, 0.25) is 0 Å². The number of nitrogens with zero attached hydrogens (tertiary/aromatic N) is 4. The van der Waals surface area contributed by atoms with E-state index in [-0.39, 0.29) is 18.1 Å². The molecule has 0 aliphatic rings. The van der Waals surface area contributed by atoms with E-state index in [4.69, 9.17) is 9.47 Å². The number of rotatable bonds is 10. The molecule has 9 nitrogen and oxygen atoms in total. The summed E-state index contributed by atoms with van der Waals surface area (Å²) in [5.74, 6) is 1.82. The summed E-state index contributed by atoms with van der Waals surface area (Å²) in [6.07, 6.45) is 0. The van der Waals surface area contributed by atoms with Crippen LogP contribution < -0.4 is 20.1 Å². The molecule has 1 aromatic carbocycles. The van der Waals surface area contributed by atoms with E-state index in [2.05, 4.69) is 26.2 Å². The zero-order valence-corrected chi connectivity index (χ0v) is 17.8. The van der Waals surface area contributed by atoms with E-state index in [0.717, 1.165) is 23.0 Å². The topological polar surface area (TPSA) is 103 Å². The molecule has 10 heteroatoms. The second-order valence-corrected chi connectivity index (χ2v) is 8.21. The van der Waals surface area contributed by atoms with Gasteiger partial charge in [0.05, 0.1) is 7.11 Å². The van der Waals surface area contributed by atoms with Crippen molar-refractivity contribution in [1.82, 2.24) is 30.8 Å². The maximum absolute atomic E-state index is 12.1. The van der Waals surface area contributed by atoms with Gasteiger partial charge in [0.25, 0.3) is 5.91 Å². The molecule has 0 saturated heterocycles. The van der Waals surface area contributed by atoms with Gasteiger partial charge >= 0.3 is 0 Å². The lowest BCUT2D eigenvalue weighted by Gasteiger charge is -2.21. The van der Waals surface area contributed by atoms with Crippen LogP contribution in [0.15, 0.2) is 23.4 Å². The zero-order valence-electron chi connectivity index (χ0n) is 17.0. The van der Waals surface area contributed by atoms with Crippen molar-refractivity contribution in [2.75, 3.05) is 26.0 Å². The highest BCUT2D eigenvalue weighted by Crippen LogP contribution is 2.31. The minimum absolute atomic E-state index is 0.0698. The van der Waals surface area contributed by atoms with Crippen LogP contribution in [0.3, 0.4) is 0 Å².